The molecule has 2 N–H and O–H groups in total. The van der Waals surface area contributed by atoms with Crippen LogP contribution in [0.15, 0.2) is 28.8 Å². The molecule has 0 fully saturated rings. The third-order valence-corrected chi connectivity index (χ3v) is 3.34. The number of benzene rings is 1. The quantitative estimate of drug-likeness (QED) is 0.902. The third-order valence-electron chi connectivity index (χ3n) is 3.34. The summed E-state index contributed by atoms with van der Waals surface area (Å²) in [6.07, 6.45) is 0.906. The van der Waals surface area contributed by atoms with Crippen LogP contribution in [0.5, 0.6) is 5.75 Å². The van der Waals surface area contributed by atoms with Crippen LogP contribution in [0, 0.1) is 6.92 Å². The maximum Gasteiger partial charge on any atom is 0.248 e. The van der Waals surface area contributed by atoms with Crippen molar-refractivity contribution >= 4 is 17.5 Å². The first-order valence-corrected chi connectivity index (χ1v) is 6.88. The molecule has 0 unspecified atom stereocenters. The Morgan fingerprint density at radius 1 is 1.38 bits per heavy atom. The number of ether oxygens (including phenoxy) is 1. The van der Waals surface area contributed by atoms with Crippen molar-refractivity contribution in [2.45, 2.75) is 26.3 Å². The molecule has 21 heavy (non-hydrogen) atoms. The number of hydrogen-bond donors (Lipinski definition) is 2. The summed E-state index contributed by atoms with van der Waals surface area (Å²) >= 11 is 0. The molecular weight excluding hydrogens is 270 g/mol. The van der Waals surface area contributed by atoms with Crippen molar-refractivity contribution < 1.29 is 14.1 Å². The van der Waals surface area contributed by atoms with Crippen molar-refractivity contribution in [1.29, 1.82) is 0 Å². The number of carbonyl (C=O) groups is 1. The van der Waals surface area contributed by atoms with Gasteiger partial charge in [-0.05, 0) is 37.6 Å². The molecule has 0 aliphatic carbocycles. The number of carbonyl (C=O) groups excluding carboxylic acids is 1. The number of hydrogen-bond acceptors (Lipinski definition) is 5. The lowest BCUT2D eigenvalue weighted by Crippen LogP contribution is -2.31. The minimum absolute atomic E-state index is 0.178. The van der Waals surface area contributed by atoms with E-state index in [1.54, 1.807) is 19.9 Å². The Labute approximate surface area is 122 Å². The van der Waals surface area contributed by atoms with Gasteiger partial charge in [-0.3, -0.25) is 10.1 Å². The SMILES string of the molecule is Cc1cc(NC(=O)[C@H](C)Nc2ccc3c(c2)CCO3)on1. The Hall–Kier alpha value is -2.50. The van der Waals surface area contributed by atoms with E-state index in [1.807, 2.05) is 18.2 Å². The fraction of sp³-hybridized carbons (Fsp3) is 0.333. The molecular formula is C15H17N3O3. The van der Waals surface area contributed by atoms with Gasteiger partial charge in [0.05, 0.1) is 12.3 Å². The first kappa shape index (κ1) is 13.5. The Morgan fingerprint density at radius 2 is 2.24 bits per heavy atom. The second kappa shape index (κ2) is 5.47. The highest BCUT2D eigenvalue weighted by molar-refractivity contribution is 5.95. The van der Waals surface area contributed by atoms with E-state index in [-0.39, 0.29) is 5.91 Å². The predicted octanol–water partition coefficient (Wildman–Crippen LogP) is 2.36. The van der Waals surface area contributed by atoms with Crippen LogP contribution in [-0.2, 0) is 11.2 Å². The molecule has 0 bridgehead atoms. The summed E-state index contributed by atoms with van der Waals surface area (Å²) in [6, 6.07) is 7.14. The van der Waals surface area contributed by atoms with Crippen molar-refractivity contribution in [2.24, 2.45) is 0 Å². The van der Waals surface area contributed by atoms with E-state index in [1.165, 1.54) is 5.56 Å². The molecule has 6 nitrogen and oxygen atoms in total. The number of aryl methyl sites for hydroxylation is 1. The number of amides is 1. The van der Waals surface area contributed by atoms with Crippen molar-refractivity contribution in [3.05, 3.63) is 35.5 Å². The Balaban J connectivity index is 1.62. The van der Waals surface area contributed by atoms with Crippen LogP contribution in [-0.4, -0.2) is 23.7 Å². The molecule has 0 saturated carbocycles. The Bertz CT molecular complexity index is 666. The van der Waals surface area contributed by atoms with Crippen molar-refractivity contribution in [3.63, 3.8) is 0 Å². The fourth-order valence-corrected chi connectivity index (χ4v) is 2.24. The van der Waals surface area contributed by atoms with Gasteiger partial charge in [-0.2, -0.15) is 0 Å². The maximum atomic E-state index is 12.1. The molecule has 0 spiro atoms. The molecule has 1 aliphatic rings. The normalized spacial score (nSPS) is 14.2. The molecule has 0 radical (unpaired) electrons. The van der Waals surface area contributed by atoms with E-state index >= 15 is 0 Å². The number of rotatable bonds is 4. The molecule has 2 aromatic rings. The van der Waals surface area contributed by atoms with Crippen molar-refractivity contribution in [1.82, 2.24) is 5.16 Å². The summed E-state index contributed by atoms with van der Waals surface area (Å²) in [5.41, 5.74) is 2.79. The topological polar surface area (TPSA) is 76.4 Å². The Morgan fingerprint density at radius 3 is 3.00 bits per heavy atom. The van der Waals surface area contributed by atoms with Gasteiger partial charge in [-0.25, -0.2) is 0 Å². The van der Waals surface area contributed by atoms with Gasteiger partial charge in [0, 0.05) is 18.2 Å². The van der Waals surface area contributed by atoms with Gasteiger partial charge in [0.25, 0.3) is 0 Å². The van der Waals surface area contributed by atoms with E-state index < -0.39 is 6.04 Å². The molecule has 3 rings (SSSR count). The van der Waals surface area contributed by atoms with E-state index in [2.05, 4.69) is 15.8 Å². The zero-order valence-corrected chi connectivity index (χ0v) is 12.0. The van der Waals surface area contributed by atoms with E-state index in [0.29, 0.717) is 5.88 Å². The highest BCUT2D eigenvalue weighted by Crippen LogP contribution is 2.28. The van der Waals surface area contributed by atoms with Crippen LogP contribution in [0.1, 0.15) is 18.2 Å². The van der Waals surface area contributed by atoms with Crippen LogP contribution >= 0.6 is 0 Å². The number of aromatic nitrogens is 1. The molecule has 6 heteroatoms. The summed E-state index contributed by atoms with van der Waals surface area (Å²) in [6.45, 7) is 4.31. The zero-order chi connectivity index (χ0) is 14.8. The Kier molecular flexibility index (Phi) is 3.51. The number of anilines is 2. The van der Waals surface area contributed by atoms with E-state index in [4.69, 9.17) is 9.26 Å². The molecule has 110 valence electrons. The maximum absolute atomic E-state index is 12.1. The standard InChI is InChI=1S/C15H17N3O3/c1-9-7-14(21-18-9)17-15(19)10(2)16-12-3-4-13-11(8-12)5-6-20-13/h3-4,7-8,10,16H,5-6H2,1-2H3,(H,17,19)/t10-/m0/s1. The second-order valence-corrected chi connectivity index (χ2v) is 5.11. The molecule has 2 heterocycles. The van der Waals surface area contributed by atoms with Crippen LogP contribution in [0.25, 0.3) is 0 Å². The van der Waals surface area contributed by atoms with Gasteiger partial charge in [-0.15, -0.1) is 0 Å². The minimum atomic E-state index is -0.393. The fourth-order valence-electron chi connectivity index (χ4n) is 2.24. The third kappa shape index (κ3) is 2.99. The second-order valence-electron chi connectivity index (χ2n) is 5.11. The highest BCUT2D eigenvalue weighted by atomic mass is 16.5. The van der Waals surface area contributed by atoms with Crippen LogP contribution in [0.4, 0.5) is 11.6 Å². The van der Waals surface area contributed by atoms with Crippen molar-refractivity contribution in [2.75, 3.05) is 17.2 Å². The van der Waals surface area contributed by atoms with Crippen LogP contribution < -0.4 is 15.4 Å². The summed E-state index contributed by atoms with van der Waals surface area (Å²) in [4.78, 5) is 12.1. The first-order chi connectivity index (χ1) is 10.1. The van der Waals surface area contributed by atoms with Gasteiger partial charge in [-0.1, -0.05) is 5.16 Å². The lowest BCUT2D eigenvalue weighted by Gasteiger charge is -2.14. The van der Waals surface area contributed by atoms with Gasteiger partial charge < -0.3 is 14.6 Å². The van der Waals surface area contributed by atoms with Crippen molar-refractivity contribution in [3.8, 4) is 5.75 Å². The molecule has 1 atom stereocenters. The molecule has 1 amide bonds. The molecule has 1 aliphatic heterocycles. The highest BCUT2D eigenvalue weighted by Gasteiger charge is 2.17. The molecule has 1 aromatic carbocycles. The number of fused-ring (bicyclic) bond motifs is 1. The summed E-state index contributed by atoms with van der Waals surface area (Å²) in [5.74, 6) is 1.10. The summed E-state index contributed by atoms with van der Waals surface area (Å²) < 4.78 is 10.4. The largest absolute Gasteiger partial charge is 0.493 e. The zero-order valence-electron chi connectivity index (χ0n) is 12.0. The van der Waals surface area contributed by atoms with E-state index in [0.717, 1.165) is 30.2 Å². The summed E-state index contributed by atoms with van der Waals surface area (Å²) in [5, 5.41) is 9.58. The monoisotopic (exact) mass is 287 g/mol. The lowest BCUT2D eigenvalue weighted by atomic mass is 10.1. The minimum Gasteiger partial charge on any atom is -0.493 e. The average molecular weight is 287 g/mol. The number of nitrogens with zero attached hydrogens (tertiary/aromatic N) is 1. The molecule has 0 saturated heterocycles. The van der Waals surface area contributed by atoms with Gasteiger partial charge >= 0.3 is 0 Å². The van der Waals surface area contributed by atoms with Crippen LogP contribution in [0.2, 0.25) is 0 Å². The van der Waals surface area contributed by atoms with Gasteiger partial charge in [0.15, 0.2) is 0 Å². The lowest BCUT2D eigenvalue weighted by molar-refractivity contribution is -0.116. The van der Waals surface area contributed by atoms with Gasteiger partial charge in [0.1, 0.15) is 11.8 Å². The van der Waals surface area contributed by atoms with E-state index in [9.17, 15) is 4.79 Å². The summed E-state index contributed by atoms with van der Waals surface area (Å²) in [7, 11) is 0. The first-order valence-electron chi connectivity index (χ1n) is 6.88. The smallest absolute Gasteiger partial charge is 0.248 e. The predicted molar refractivity (Wildman–Crippen MR) is 78.6 cm³/mol. The van der Waals surface area contributed by atoms with Crippen LogP contribution in [0.3, 0.4) is 0 Å². The van der Waals surface area contributed by atoms with Gasteiger partial charge in [0.2, 0.25) is 11.8 Å². The average Bonchev–Trinajstić information content (AvgIpc) is 3.07. The number of nitrogens with one attached hydrogen (secondary N) is 2. The molecule has 1 aromatic heterocycles.